The molecule has 0 aromatic heterocycles. The molecule has 0 saturated heterocycles. The summed E-state index contributed by atoms with van der Waals surface area (Å²) in [4.78, 5) is 0. The molecule has 0 radical (unpaired) electrons. The van der Waals surface area contributed by atoms with E-state index in [1.54, 1.807) is 0 Å². The molecule has 0 saturated carbocycles. The Hall–Kier alpha value is -1.31. The normalized spacial score (nSPS) is 13.2. The minimum atomic E-state index is -0.637. The van der Waals surface area contributed by atoms with Crippen LogP contribution in [0.25, 0.3) is 0 Å². The molecule has 1 N–H and O–H groups in total. The van der Waals surface area contributed by atoms with Gasteiger partial charge in [-0.3, -0.25) is 0 Å². The van der Waals surface area contributed by atoms with Crippen molar-refractivity contribution in [3.8, 4) is 0 Å². The molecular weight excluding hydrogens is 280 g/mol. The van der Waals surface area contributed by atoms with Gasteiger partial charge in [-0.25, -0.2) is 0 Å². The molecular formula is C19H23ClO. The maximum atomic E-state index is 10.6. The monoisotopic (exact) mass is 302 g/mol. The molecule has 112 valence electrons. The Balaban J connectivity index is 2.32. The number of hydrogen-bond acceptors (Lipinski definition) is 1. The van der Waals surface area contributed by atoms with Crippen molar-refractivity contribution in [2.75, 3.05) is 0 Å². The lowest BCUT2D eigenvalue weighted by molar-refractivity contribution is 0.219. The summed E-state index contributed by atoms with van der Waals surface area (Å²) >= 11 is 6.04. The minimum Gasteiger partial charge on any atom is -0.384 e. The topological polar surface area (TPSA) is 20.2 Å². The van der Waals surface area contributed by atoms with Crippen molar-refractivity contribution in [1.82, 2.24) is 0 Å². The summed E-state index contributed by atoms with van der Waals surface area (Å²) in [5.41, 5.74) is 4.27. The molecule has 2 rings (SSSR count). The Labute approximate surface area is 132 Å². The summed E-state index contributed by atoms with van der Waals surface area (Å²) in [6, 6.07) is 13.9. The molecule has 0 aliphatic heterocycles. The summed E-state index contributed by atoms with van der Waals surface area (Å²) in [5.74, 6) is 0. The van der Waals surface area contributed by atoms with Crippen molar-refractivity contribution in [1.29, 1.82) is 0 Å². The average Bonchev–Trinajstić information content (AvgIpc) is 2.49. The Morgan fingerprint density at radius 2 is 1.71 bits per heavy atom. The van der Waals surface area contributed by atoms with Crippen molar-refractivity contribution in [3.05, 3.63) is 69.7 Å². The maximum Gasteiger partial charge on any atom is 0.104 e. The highest BCUT2D eigenvalue weighted by Crippen LogP contribution is 2.31. The number of aryl methyl sites for hydroxylation is 1. The number of benzene rings is 2. The standard InChI is InChI=1S/C19H23ClO/c1-5-19(3,4)15-9-7-14(8-10-15)18(21)17-12-16(20)11-6-13(17)2/h6-12,18,21H,5H2,1-4H3. The Morgan fingerprint density at radius 3 is 2.29 bits per heavy atom. The maximum absolute atomic E-state index is 10.6. The first-order valence-electron chi connectivity index (χ1n) is 7.39. The van der Waals surface area contributed by atoms with E-state index >= 15 is 0 Å². The van der Waals surface area contributed by atoms with E-state index in [1.807, 2.05) is 37.3 Å². The second-order valence-electron chi connectivity index (χ2n) is 6.26. The van der Waals surface area contributed by atoms with Gasteiger partial charge in [-0.1, -0.05) is 62.7 Å². The molecule has 0 aliphatic carbocycles. The van der Waals surface area contributed by atoms with Crippen molar-refractivity contribution in [2.24, 2.45) is 0 Å². The number of halogens is 1. The number of aliphatic hydroxyl groups excluding tert-OH is 1. The molecule has 0 heterocycles. The molecule has 0 amide bonds. The average molecular weight is 303 g/mol. The number of rotatable bonds is 4. The molecule has 21 heavy (non-hydrogen) atoms. The van der Waals surface area contributed by atoms with Crippen LogP contribution in [0.1, 0.15) is 55.5 Å². The molecule has 0 aliphatic rings. The third-order valence-corrected chi connectivity index (χ3v) is 4.66. The lowest BCUT2D eigenvalue weighted by Crippen LogP contribution is -2.15. The summed E-state index contributed by atoms with van der Waals surface area (Å²) in [7, 11) is 0. The predicted octanol–water partition coefficient (Wildman–Crippen LogP) is 5.42. The molecule has 2 heteroatoms. The van der Waals surface area contributed by atoms with Gasteiger partial charge in [0.15, 0.2) is 0 Å². The summed E-state index contributed by atoms with van der Waals surface area (Å²) < 4.78 is 0. The van der Waals surface area contributed by atoms with E-state index in [0.717, 1.165) is 23.1 Å². The van der Waals surface area contributed by atoms with Crippen LogP contribution in [0.5, 0.6) is 0 Å². The highest BCUT2D eigenvalue weighted by Gasteiger charge is 2.19. The third kappa shape index (κ3) is 3.48. The first kappa shape index (κ1) is 16.1. The molecule has 0 bridgehead atoms. The summed E-state index contributed by atoms with van der Waals surface area (Å²) in [6.07, 6.45) is 0.449. The highest BCUT2D eigenvalue weighted by molar-refractivity contribution is 6.30. The van der Waals surface area contributed by atoms with Gasteiger partial charge < -0.3 is 5.11 Å². The molecule has 2 aromatic rings. The first-order chi connectivity index (χ1) is 9.85. The first-order valence-corrected chi connectivity index (χ1v) is 7.77. The van der Waals surface area contributed by atoms with Gasteiger partial charge in [0.05, 0.1) is 0 Å². The van der Waals surface area contributed by atoms with Crippen LogP contribution >= 0.6 is 11.6 Å². The van der Waals surface area contributed by atoms with Crippen LogP contribution in [0, 0.1) is 6.92 Å². The zero-order chi connectivity index (χ0) is 15.6. The quantitative estimate of drug-likeness (QED) is 0.799. The van der Waals surface area contributed by atoms with E-state index in [1.165, 1.54) is 5.56 Å². The van der Waals surface area contributed by atoms with Crippen molar-refractivity contribution in [3.63, 3.8) is 0 Å². The van der Waals surface area contributed by atoms with E-state index < -0.39 is 6.10 Å². The number of hydrogen-bond donors (Lipinski definition) is 1. The van der Waals surface area contributed by atoms with E-state index in [4.69, 9.17) is 11.6 Å². The lowest BCUT2D eigenvalue weighted by atomic mass is 9.81. The highest BCUT2D eigenvalue weighted by atomic mass is 35.5. The van der Waals surface area contributed by atoms with Gasteiger partial charge >= 0.3 is 0 Å². The van der Waals surface area contributed by atoms with Gasteiger partial charge in [0, 0.05) is 5.02 Å². The van der Waals surface area contributed by atoms with Crippen LogP contribution in [0.3, 0.4) is 0 Å². The molecule has 1 atom stereocenters. The summed E-state index contributed by atoms with van der Waals surface area (Å²) in [5, 5.41) is 11.2. The molecule has 1 unspecified atom stereocenters. The summed E-state index contributed by atoms with van der Waals surface area (Å²) in [6.45, 7) is 8.65. The van der Waals surface area contributed by atoms with E-state index in [-0.39, 0.29) is 5.41 Å². The Morgan fingerprint density at radius 1 is 1.10 bits per heavy atom. The molecule has 0 spiro atoms. The van der Waals surface area contributed by atoms with Gasteiger partial charge in [0.25, 0.3) is 0 Å². The van der Waals surface area contributed by atoms with Crippen LogP contribution in [0.2, 0.25) is 5.02 Å². The fraction of sp³-hybridized carbons (Fsp3) is 0.368. The van der Waals surface area contributed by atoms with E-state index in [2.05, 4.69) is 32.9 Å². The van der Waals surface area contributed by atoms with Crippen molar-refractivity contribution in [2.45, 2.75) is 45.6 Å². The fourth-order valence-corrected chi connectivity index (χ4v) is 2.59. The zero-order valence-corrected chi connectivity index (χ0v) is 13.9. The van der Waals surface area contributed by atoms with Crippen LogP contribution in [0.15, 0.2) is 42.5 Å². The van der Waals surface area contributed by atoms with Crippen LogP contribution < -0.4 is 0 Å². The smallest absolute Gasteiger partial charge is 0.104 e. The molecule has 0 fully saturated rings. The van der Waals surface area contributed by atoms with Gasteiger partial charge in [-0.2, -0.15) is 0 Å². The van der Waals surface area contributed by atoms with E-state index in [9.17, 15) is 5.11 Å². The predicted molar refractivity (Wildman–Crippen MR) is 90.0 cm³/mol. The van der Waals surface area contributed by atoms with Crippen LogP contribution in [0.4, 0.5) is 0 Å². The van der Waals surface area contributed by atoms with Gasteiger partial charge in [-0.05, 0) is 53.1 Å². The van der Waals surface area contributed by atoms with Crippen molar-refractivity contribution >= 4 is 11.6 Å². The molecule has 1 nitrogen and oxygen atoms in total. The third-order valence-electron chi connectivity index (χ3n) is 4.43. The Kier molecular flexibility index (Phi) is 4.75. The fourth-order valence-electron chi connectivity index (χ4n) is 2.41. The number of aliphatic hydroxyl groups is 1. The largest absolute Gasteiger partial charge is 0.384 e. The zero-order valence-electron chi connectivity index (χ0n) is 13.2. The molecule has 2 aromatic carbocycles. The van der Waals surface area contributed by atoms with Crippen LogP contribution in [-0.2, 0) is 5.41 Å². The Bertz CT molecular complexity index is 614. The van der Waals surface area contributed by atoms with E-state index in [0.29, 0.717) is 5.02 Å². The van der Waals surface area contributed by atoms with Crippen molar-refractivity contribution < 1.29 is 5.11 Å². The van der Waals surface area contributed by atoms with Gasteiger partial charge in [0.2, 0.25) is 0 Å². The second kappa shape index (κ2) is 6.21. The lowest BCUT2D eigenvalue weighted by Gasteiger charge is -2.24. The van der Waals surface area contributed by atoms with Gasteiger partial charge in [0.1, 0.15) is 6.10 Å². The SMILES string of the molecule is CCC(C)(C)c1ccc(C(O)c2cc(Cl)ccc2C)cc1. The van der Waals surface area contributed by atoms with Crippen LogP contribution in [-0.4, -0.2) is 5.11 Å². The second-order valence-corrected chi connectivity index (χ2v) is 6.70. The van der Waals surface area contributed by atoms with Gasteiger partial charge in [-0.15, -0.1) is 0 Å². The minimum absolute atomic E-state index is 0.162.